The Morgan fingerprint density at radius 3 is 2.48 bits per heavy atom. The predicted octanol–water partition coefficient (Wildman–Crippen LogP) is 6.30. The van der Waals surface area contributed by atoms with Crippen LogP contribution < -0.4 is 10.6 Å². The van der Waals surface area contributed by atoms with Gasteiger partial charge in [-0.15, -0.1) is 0 Å². The molecule has 0 spiro atoms. The number of nitrogens with zero attached hydrogens (tertiary/aromatic N) is 4. The van der Waals surface area contributed by atoms with E-state index in [4.69, 9.17) is 17.5 Å². The molecule has 0 bridgehead atoms. The van der Waals surface area contributed by atoms with E-state index in [-0.39, 0.29) is 41.8 Å². The van der Waals surface area contributed by atoms with Gasteiger partial charge in [0.15, 0.2) is 5.11 Å². The zero-order valence-corrected chi connectivity index (χ0v) is 24.6. The molecule has 1 atom stereocenters. The summed E-state index contributed by atoms with van der Waals surface area (Å²) in [7, 11) is 0. The second-order valence-electron chi connectivity index (χ2n) is 10.1. The third kappa shape index (κ3) is 8.64. The Morgan fingerprint density at radius 1 is 1.09 bits per heavy atom. The van der Waals surface area contributed by atoms with Crippen molar-refractivity contribution >= 4 is 28.9 Å². The van der Waals surface area contributed by atoms with Gasteiger partial charge in [-0.25, -0.2) is 9.37 Å². The van der Waals surface area contributed by atoms with Crippen molar-refractivity contribution in [2.24, 2.45) is 0 Å². The van der Waals surface area contributed by atoms with E-state index in [1.807, 2.05) is 23.6 Å². The summed E-state index contributed by atoms with van der Waals surface area (Å²) in [5.74, 6) is -0.870. The second-order valence-corrected chi connectivity index (χ2v) is 10.5. The Hall–Kier alpha value is -4.76. The minimum absolute atomic E-state index is 0.00873. The molecule has 1 amide bonds. The van der Waals surface area contributed by atoms with Gasteiger partial charge in [-0.2, -0.15) is 18.4 Å². The van der Waals surface area contributed by atoms with Crippen LogP contribution in [0.1, 0.15) is 41.3 Å². The molecule has 0 aliphatic carbocycles. The van der Waals surface area contributed by atoms with Crippen LogP contribution >= 0.6 is 12.2 Å². The number of benzene rings is 3. The van der Waals surface area contributed by atoms with Gasteiger partial charge in [-0.05, 0) is 60.1 Å². The number of nitrogens with one attached hydrogen (secondary N) is 2. The van der Waals surface area contributed by atoms with Crippen LogP contribution in [0.5, 0.6) is 0 Å². The summed E-state index contributed by atoms with van der Waals surface area (Å²) in [5, 5.41) is 14.8. The summed E-state index contributed by atoms with van der Waals surface area (Å²) in [6, 6.07) is 19.7. The monoisotopic (exact) mass is 622 g/mol. The summed E-state index contributed by atoms with van der Waals surface area (Å²) in [6.07, 6.45) is -0.901. The number of aromatic nitrogens is 2. The number of anilines is 1. The number of rotatable bonds is 11. The Morgan fingerprint density at radius 2 is 1.80 bits per heavy atom. The molecule has 0 saturated heterocycles. The van der Waals surface area contributed by atoms with Crippen molar-refractivity contribution in [2.75, 3.05) is 11.9 Å². The van der Waals surface area contributed by atoms with Gasteiger partial charge in [0.1, 0.15) is 5.82 Å². The maximum atomic E-state index is 14.4. The molecular formula is C32H30F4N6OS. The maximum absolute atomic E-state index is 14.4. The van der Waals surface area contributed by atoms with Gasteiger partial charge in [0.25, 0.3) is 0 Å². The molecule has 0 saturated carbocycles. The lowest BCUT2D eigenvalue weighted by atomic mass is 10.1. The fraction of sp³-hybridized carbons (Fsp3) is 0.250. The third-order valence-electron chi connectivity index (χ3n) is 6.96. The van der Waals surface area contributed by atoms with Crippen LogP contribution in [0.2, 0.25) is 0 Å². The first-order chi connectivity index (χ1) is 21.1. The highest BCUT2D eigenvalue weighted by Gasteiger charge is 2.33. The molecule has 2 N–H and O–H groups in total. The predicted molar refractivity (Wildman–Crippen MR) is 163 cm³/mol. The van der Waals surface area contributed by atoms with Crippen LogP contribution in [0.3, 0.4) is 0 Å². The highest BCUT2D eigenvalue weighted by Crippen LogP contribution is 2.32. The summed E-state index contributed by atoms with van der Waals surface area (Å²) < 4.78 is 57.6. The number of para-hydroxylation sites is 1. The van der Waals surface area contributed by atoms with Crippen molar-refractivity contribution in [1.29, 1.82) is 5.26 Å². The van der Waals surface area contributed by atoms with Crippen molar-refractivity contribution < 1.29 is 22.4 Å². The minimum atomic E-state index is -4.58. The largest absolute Gasteiger partial charge is 0.416 e. The Bertz CT molecular complexity index is 1630. The molecule has 4 aromatic rings. The lowest BCUT2D eigenvalue weighted by Gasteiger charge is -2.31. The molecule has 0 radical (unpaired) electrons. The van der Waals surface area contributed by atoms with Crippen LogP contribution in [0.15, 0.2) is 85.3 Å². The smallest absolute Gasteiger partial charge is 0.351 e. The van der Waals surface area contributed by atoms with E-state index < -0.39 is 23.6 Å². The molecule has 3 aromatic carbocycles. The molecule has 1 heterocycles. The summed E-state index contributed by atoms with van der Waals surface area (Å²) in [4.78, 5) is 18.8. The van der Waals surface area contributed by atoms with Crippen molar-refractivity contribution in [3.63, 3.8) is 0 Å². The topological polar surface area (TPSA) is 86.0 Å². The van der Waals surface area contributed by atoms with Crippen LogP contribution in [0.4, 0.5) is 23.2 Å². The molecule has 0 fully saturated rings. The van der Waals surface area contributed by atoms with E-state index in [9.17, 15) is 22.4 Å². The van der Waals surface area contributed by atoms with Crippen molar-refractivity contribution in [3.8, 4) is 6.07 Å². The van der Waals surface area contributed by atoms with Gasteiger partial charge in [0.2, 0.25) is 5.91 Å². The molecule has 0 aliphatic rings. The lowest BCUT2D eigenvalue weighted by molar-refractivity contribution is -0.138. The van der Waals surface area contributed by atoms with Gasteiger partial charge in [-0.1, -0.05) is 49.4 Å². The van der Waals surface area contributed by atoms with E-state index in [1.54, 1.807) is 30.7 Å². The normalized spacial score (nSPS) is 11.8. The molecule has 44 heavy (non-hydrogen) atoms. The maximum Gasteiger partial charge on any atom is 0.416 e. The van der Waals surface area contributed by atoms with Gasteiger partial charge in [-0.3, -0.25) is 4.79 Å². The summed E-state index contributed by atoms with van der Waals surface area (Å²) >= 11 is 5.55. The fourth-order valence-corrected chi connectivity index (χ4v) is 4.87. The number of hydrogen-bond acceptors (Lipinski definition) is 4. The van der Waals surface area contributed by atoms with Gasteiger partial charge < -0.3 is 20.1 Å². The van der Waals surface area contributed by atoms with Crippen molar-refractivity contribution in [1.82, 2.24) is 19.8 Å². The molecule has 7 nitrogen and oxygen atoms in total. The lowest BCUT2D eigenvalue weighted by Crippen LogP contribution is -2.47. The van der Waals surface area contributed by atoms with E-state index in [1.165, 1.54) is 41.3 Å². The number of nitriles is 1. The first-order valence-electron chi connectivity index (χ1n) is 13.8. The minimum Gasteiger partial charge on any atom is -0.351 e. The molecule has 1 aromatic heterocycles. The van der Waals surface area contributed by atoms with E-state index in [2.05, 4.69) is 21.7 Å². The van der Waals surface area contributed by atoms with Gasteiger partial charge >= 0.3 is 6.18 Å². The number of alkyl halides is 3. The number of carbonyl (C=O) groups is 1. The first kappa shape index (κ1) is 32.2. The Balaban J connectivity index is 1.49. The van der Waals surface area contributed by atoms with E-state index in [0.29, 0.717) is 24.2 Å². The van der Waals surface area contributed by atoms with Gasteiger partial charge in [0.05, 0.1) is 35.6 Å². The number of hydrogen-bond donors (Lipinski definition) is 2. The number of thiocarbonyl (C=S) groups is 1. The van der Waals surface area contributed by atoms with Gasteiger partial charge in [0, 0.05) is 37.6 Å². The summed E-state index contributed by atoms with van der Waals surface area (Å²) in [6.45, 7) is 2.14. The Labute approximate surface area is 258 Å². The SMILES string of the molecule is CCC(CN(Cc1ccccc1C(F)(F)F)C(=S)Nc1ccccc1F)NC(=O)Cc1cncn1Cc1ccc(C#N)cc1. The van der Waals surface area contributed by atoms with Crippen LogP contribution in [0, 0.1) is 17.1 Å². The van der Waals surface area contributed by atoms with E-state index >= 15 is 0 Å². The molecule has 4 rings (SSSR count). The quantitative estimate of drug-likeness (QED) is 0.151. The zero-order chi connectivity index (χ0) is 31.7. The first-order valence-corrected chi connectivity index (χ1v) is 14.2. The second kappa shape index (κ2) is 14.6. The standard InChI is InChI=1S/C32H30F4N6OS/c1-2-25(39-30(43)15-26-17-38-21-42(26)18-23-13-11-22(16-37)12-14-23)20-41(31(44)40-29-10-6-5-9-28(29)33)19-24-7-3-4-8-27(24)32(34,35)36/h3-14,17,21,25H,2,15,18-20H2,1H3,(H,39,43)(H,40,44). The molecule has 0 aliphatic heterocycles. The number of imidazole rings is 1. The Kier molecular flexibility index (Phi) is 10.7. The van der Waals surface area contributed by atoms with Crippen LogP contribution in [0.25, 0.3) is 0 Å². The number of halogens is 4. The number of carbonyl (C=O) groups excluding carboxylic acids is 1. The molecule has 1 unspecified atom stereocenters. The van der Waals surface area contributed by atoms with Crippen LogP contribution in [-0.4, -0.2) is 38.1 Å². The fourth-order valence-electron chi connectivity index (χ4n) is 4.62. The number of amides is 1. The van der Waals surface area contributed by atoms with Crippen molar-refractivity contribution in [2.45, 2.75) is 45.1 Å². The molecular weight excluding hydrogens is 592 g/mol. The van der Waals surface area contributed by atoms with E-state index in [0.717, 1.165) is 11.6 Å². The third-order valence-corrected chi connectivity index (χ3v) is 7.32. The average Bonchev–Trinajstić information content (AvgIpc) is 3.43. The molecule has 228 valence electrons. The van der Waals surface area contributed by atoms with Crippen LogP contribution in [-0.2, 0) is 30.5 Å². The highest BCUT2D eigenvalue weighted by molar-refractivity contribution is 7.80. The average molecular weight is 623 g/mol. The zero-order valence-electron chi connectivity index (χ0n) is 23.8. The summed E-state index contributed by atoms with van der Waals surface area (Å²) in [5.41, 5.74) is 1.41. The highest BCUT2D eigenvalue weighted by atomic mass is 32.1. The van der Waals surface area contributed by atoms with Crippen molar-refractivity contribution in [3.05, 3.63) is 119 Å². The molecule has 12 heteroatoms.